The number of nitrogens with zero attached hydrogens (tertiary/aromatic N) is 3. The van der Waals surface area contributed by atoms with Gasteiger partial charge in [0, 0.05) is 18.5 Å². The molecule has 0 aliphatic carbocycles. The van der Waals surface area contributed by atoms with E-state index >= 15 is 0 Å². The van der Waals surface area contributed by atoms with Gasteiger partial charge in [0.2, 0.25) is 0 Å². The van der Waals surface area contributed by atoms with Crippen LogP contribution >= 0.6 is 0 Å². The number of hydrogen-bond donors (Lipinski definition) is 1. The molecule has 0 aromatic carbocycles. The standard InChI is InChI=1S/C8H7N3O/c12-8-3-7(4-10-5-8)11-2-1-9-6-11/h1-6,12H. The molecular weight excluding hydrogens is 154 g/mol. The molecule has 0 saturated heterocycles. The molecule has 0 spiro atoms. The van der Waals surface area contributed by atoms with E-state index in [2.05, 4.69) is 9.97 Å². The maximum Gasteiger partial charge on any atom is 0.135 e. The van der Waals surface area contributed by atoms with Crippen molar-refractivity contribution >= 4 is 0 Å². The van der Waals surface area contributed by atoms with Gasteiger partial charge in [-0.05, 0) is 0 Å². The molecule has 2 rings (SSSR count). The lowest BCUT2D eigenvalue weighted by atomic mass is 10.4. The van der Waals surface area contributed by atoms with Crippen molar-refractivity contribution in [2.24, 2.45) is 0 Å². The fourth-order valence-corrected chi connectivity index (χ4v) is 0.969. The smallest absolute Gasteiger partial charge is 0.135 e. The van der Waals surface area contributed by atoms with E-state index in [0.29, 0.717) is 0 Å². The van der Waals surface area contributed by atoms with Crippen LogP contribution in [0.5, 0.6) is 5.75 Å². The highest BCUT2D eigenvalue weighted by Crippen LogP contribution is 2.11. The molecule has 4 nitrogen and oxygen atoms in total. The third-order valence-corrected chi connectivity index (χ3v) is 1.51. The molecule has 4 heteroatoms. The summed E-state index contributed by atoms with van der Waals surface area (Å²) in [6, 6.07) is 1.62. The van der Waals surface area contributed by atoms with E-state index in [9.17, 15) is 0 Å². The average Bonchev–Trinajstić information content (AvgIpc) is 2.56. The van der Waals surface area contributed by atoms with Gasteiger partial charge in [-0.3, -0.25) is 4.98 Å². The first kappa shape index (κ1) is 6.84. The Labute approximate surface area is 69.1 Å². The zero-order valence-electron chi connectivity index (χ0n) is 6.25. The van der Waals surface area contributed by atoms with Crippen molar-refractivity contribution in [2.75, 3.05) is 0 Å². The largest absolute Gasteiger partial charge is 0.506 e. The third kappa shape index (κ3) is 1.14. The fourth-order valence-electron chi connectivity index (χ4n) is 0.969. The van der Waals surface area contributed by atoms with Crippen LogP contribution < -0.4 is 0 Å². The summed E-state index contributed by atoms with van der Waals surface area (Å²) in [6.45, 7) is 0. The van der Waals surface area contributed by atoms with E-state index in [0.717, 1.165) is 5.69 Å². The lowest BCUT2D eigenvalue weighted by Crippen LogP contribution is -1.89. The first-order chi connectivity index (χ1) is 5.86. The van der Waals surface area contributed by atoms with Gasteiger partial charge >= 0.3 is 0 Å². The highest BCUT2D eigenvalue weighted by Gasteiger charge is 1.95. The van der Waals surface area contributed by atoms with Crippen LogP contribution in [0.25, 0.3) is 5.69 Å². The Hall–Kier alpha value is -1.84. The van der Waals surface area contributed by atoms with Crippen molar-refractivity contribution in [2.45, 2.75) is 0 Å². The van der Waals surface area contributed by atoms with E-state index in [4.69, 9.17) is 5.11 Å². The Morgan fingerprint density at radius 2 is 2.17 bits per heavy atom. The number of rotatable bonds is 1. The van der Waals surface area contributed by atoms with Gasteiger partial charge in [-0.2, -0.15) is 0 Å². The molecule has 0 atom stereocenters. The lowest BCUT2D eigenvalue weighted by Gasteiger charge is -1.99. The summed E-state index contributed by atoms with van der Waals surface area (Å²) < 4.78 is 1.77. The highest BCUT2D eigenvalue weighted by molar-refractivity contribution is 5.34. The minimum Gasteiger partial charge on any atom is -0.506 e. The van der Waals surface area contributed by atoms with Crippen LogP contribution in [-0.4, -0.2) is 19.6 Å². The van der Waals surface area contributed by atoms with Crippen LogP contribution in [0.3, 0.4) is 0 Å². The Bertz CT molecular complexity index is 370. The minimum absolute atomic E-state index is 0.154. The summed E-state index contributed by atoms with van der Waals surface area (Å²) in [7, 11) is 0. The van der Waals surface area contributed by atoms with Crippen LogP contribution in [0.2, 0.25) is 0 Å². The van der Waals surface area contributed by atoms with Gasteiger partial charge in [-0.25, -0.2) is 4.98 Å². The van der Waals surface area contributed by atoms with Crippen molar-refractivity contribution in [3.05, 3.63) is 37.2 Å². The number of hydrogen-bond acceptors (Lipinski definition) is 3. The van der Waals surface area contributed by atoms with Crippen molar-refractivity contribution in [1.82, 2.24) is 14.5 Å². The highest BCUT2D eigenvalue weighted by atomic mass is 16.3. The number of aromatic hydroxyl groups is 1. The molecule has 0 aliphatic rings. The molecule has 60 valence electrons. The Kier molecular flexibility index (Phi) is 1.51. The monoisotopic (exact) mass is 161 g/mol. The van der Waals surface area contributed by atoms with Crippen LogP contribution in [0, 0.1) is 0 Å². The van der Waals surface area contributed by atoms with E-state index in [-0.39, 0.29) is 5.75 Å². The Balaban J connectivity index is 2.48. The lowest BCUT2D eigenvalue weighted by molar-refractivity contribution is 0.472. The summed E-state index contributed by atoms with van der Waals surface area (Å²) >= 11 is 0. The van der Waals surface area contributed by atoms with E-state index in [1.807, 2.05) is 0 Å². The van der Waals surface area contributed by atoms with Crippen LogP contribution in [-0.2, 0) is 0 Å². The zero-order valence-corrected chi connectivity index (χ0v) is 6.25. The number of imidazole rings is 1. The first-order valence-corrected chi connectivity index (χ1v) is 3.48. The topological polar surface area (TPSA) is 50.9 Å². The molecule has 0 aliphatic heterocycles. The fraction of sp³-hybridized carbons (Fsp3) is 0. The molecule has 12 heavy (non-hydrogen) atoms. The molecule has 0 radical (unpaired) electrons. The number of aromatic nitrogens is 3. The van der Waals surface area contributed by atoms with Gasteiger partial charge in [0.25, 0.3) is 0 Å². The van der Waals surface area contributed by atoms with E-state index in [1.165, 1.54) is 6.20 Å². The molecule has 0 unspecified atom stereocenters. The van der Waals surface area contributed by atoms with Gasteiger partial charge in [-0.15, -0.1) is 0 Å². The predicted octanol–water partition coefficient (Wildman–Crippen LogP) is 0.973. The van der Waals surface area contributed by atoms with Crippen LogP contribution in [0.4, 0.5) is 0 Å². The minimum atomic E-state index is 0.154. The molecular formula is C8H7N3O. The quantitative estimate of drug-likeness (QED) is 0.678. The normalized spacial score (nSPS) is 10.0. The SMILES string of the molecule is Oc1cncc(-n2ccnc2)c1. The van der Waals surface area contributed by atoms with Crippen molar-refractivity contribution in [3.63, 3.8) is 0 Å². The summed E-state index contributed by atoms with van der Waals surface area (Å²) in [6.07, 6.45) is 8.15. The second-order valence-corrected chi connectivity index (χ2v) is 2.37. The first-order valence-electron chi connectivity index (χ1n) is 3.48. The molecule has 1 N–H and O–H groups in total. The van der Waals surface area contributed by atoms with Gasteiger partial charge in [-0.1, -0.05) is 0 Å². The van der Waals surface area contributed by atoms with Crippen LogP contribution in [0.15, 0.2) is 37.2 Å². The van der Waals surface area contributed by atoms with Crippen molar-refractivity contribution in [1.29, 1.82) is 0 Å². The van der Waals surface area contributed by atoms with Gasteiger partial charge < -0.3 is 9.67 Å². The average molecular weight is 161 g/mol. The molecule has 0 saturated carbocycles. The Morgan fingerprint density at radius 1 is 1.25 bits per heavy atom. The van der Waals surface area contributed by atoms with Gasteiger partial charge in [0.15, 0.2) is 0 Å². The summed E-state index contributed by atoms with van der Waals surface area (Å²) in [5.74, 6) is 0.154. The number of pyridine rings is 1. The van der Waals surface area contributed by atoms with Crippen molar-refractivity contribution in [3.8, 4) is 11.4 Å². The van der Waals surface area contributed by atoms with E-state index in [1.54, 1.807) is 35.6 Å². The molecule has 2 aromatic rings. The zero-order chi connectivity index (χ0) is 8.39. The maximum atomic E-state index is 9.12. The molecule has 2 aromatic heterocycles. The summed E-state index contributed by atoms with van der Waals surface area (Å²) in [4.78, 5) is 7.72. The van der Waals surface area contributed by atoms with Gasteiger partial charge in [0.1, 0.15) is 5.75 Å². The Morgan fingerprint density at radius 3 is 2.83 bits per heavy atom. The third-order valence-electron chi connectivity index (χ3n) is 1.51. The van der Waals surface area contributed by atoms with E-state index < -0.39 is 0 Å². The predicted molar refractivity (Wildman–Crippen MR) is 43.0 cm³/mol. The summed E-state index contributed by atoms with van der Waals surface area (Å²) in [5, 5.41) is 9.12. The molecule has 2 heterocycles. The van der Waals surface area contributed by atoms with Gasteiger partial charge in [0.05, 0.1) is 24.4 Å². The van der Waals surface area contributed by atoms with Crippen molar-refractivity contribution < 1.29 is 5.11 Å². The molecule has 0 fully saturated rings. The second kappa shape index (κ2) is 2.65. The molecule has 0 amide bonds. The summed E-state index contributed by atoms with van der Waals surface area (Å²) in [5.41, 5.74) is 0.799. The van der Waals surface area contributed by atoms with Crippen LogP contribution in [0.1, 0.15) is 0 Å². The second-order valence-electron chi connectivity index (χ2n) is 2.37. The maximum absolute atomic E-state index is 9.12. The molecule has 0 bridgehead atoms.